The first-order chi connectivity index (χ1) is 13.6. The molecule has 7 heteroatoms. The molecule has 2 heterocycles. The molecule has 156 valence electrons. The summed E-state index contributed by atoms with van der Waals surface area (Å²) in [7, 11) is 0. The number of nitrogens with one attached hydrogen (secondary N) is 1. The second-order valence-corrected chi connectivity index (χ2v) is 10.00. The van der Waals surface area contributed by atoms with Crippen LogP contribution in [-0.2, 0) is 9.59 Å². The molecule has 6 nitrogen and oxygen atoms in total. The van der Waals surface area contributed by atoms with Crippen LogP contribution in [-0.4, -0.2) is 40.0 Å². The lowest BCUT2D eigenvalue weighted by atomic mass is 9.91. The van der Waals surface area contributed by atoms with Gasteiger partial charge in [0, 0.05) is 24.1 Å². The SMILES string of the molecule is CC(C)c1ccc(-c2nnc(NC(=O)C3CCCN(C(=O)C(C)(C)C)C3)s2)cc1. The van der Waals surface area contributed by atoms with Crippen LogP contribution in [0.2, 0.25) is 0 Å². The van der Waals surface area contributed by atoms with Crippen molar-refractivity contribution in [2.24, 2.45) is 11.3 Å². The predicted molar refractivity (Wildman–Crippen MR) is 117 cm³/mol. The summed E-state index contributed by atoms with van der Waals surface area (Å²) >= 11 is 1.37. The van der Waals surface area contributed by atoms with Gasteiger partial charge in [-0.3, -0.25) is 9.59 Å². The van der Waals surface area contributed by atoms with Crippen LogP contribution >= 0.6 is 11.3 Å². The molecule has 1 aliphatic rings. The topological polar surface area (TPSA) is 75.2 Å². The molecule has 0 aliphatic carbocycles. The number of anilines is 1. The lowest BCUT2D eigenvalue weighted by Crippen LogP contribution is -2.47. The Kier molecular flexibility index (Phi) is 6.36. The van der Waals surface area contributed by atoms with Gasteiger partial charge in [-0.1, -0.05) is 70.2 Å². The van der Waals surface area contributed by atoms with Crippen LogP contribution in [0.3, 0.4) is 0 Å². The van der Waals surface area contributed by atoms with Crippen molar-refractivity contribution < 1.29 is 9.59 Å². The molecule has 1 N–H and O–H groups in total. The summed E-state index contributed by atoms with van der Waals surface area (Å²) in [6, 6.07) is 8.28. The molecule has 0 bridgehead atoms. The summed E-state index contributed by atoms with van der Waals surface area (Å²) in [6.45, 7) is 11.2. The molecule has 1 aromatic carbocycles. The molecule has 1 unspecified atom stereocenters. The Bertz CT molecular complexity index is 868. The molecular formula is C22H30N4O2S. The molecule has 1 fully saturated rings. The number of likely N-dealkylation sites (tertiary alicyclic amines) is 1. The van der Waals surface area contributed by atoms with Crippen LogP contribution in [0.25, 0.3) is 10.6 Å². The van der Waals surface area contributed by atoms with E-state index in [0.29, 0.717) is 17.6 Å². The van der Waals surface area contributed by atoms with Crippen molar-refractivity contribution in [3.8, 4) is 10.6 Å². The zero-order valence-corrected chi connectivity index (χ0v) is 18.7. The Morgan fingerprint density at radius 3 is 2.48 bits per heavy atom. The van der Waals surface area contributed by atoms with E-state index in [1.165, 1.54) is 16.9 Å². The normalized spacial score (nSPS) is 17.4. The highest BCUT2D eigenvalue weighted by Gasteiger charge is 2.33. The zero-order valence-electron chi connectivity index (χ0n) is 17.9. The number of carbonyl (C=O) groups excluding carboxylic acids is 2. The number of amides is 2. The van der Waals surface area contributed by atoms with E-state index in [-0.39, 0.29) is 17.7 Å². The number of benzene rings is 1. The summed E-state index contributed by atoms with van der Waals surface area (Å²) in [5, 5.41) is 12.5. The Hall–Kier alpha value is -2.28. The van der Waals surface area contributed by atoms with Crippen LogP contribution in [0.15, 0.2) is 24.3 Å². The van der Waals surface area contributed by atoms with Gasteiger partial charge in [-0.05, 0) is 24.3 Å². The van der Waals surface area contributed by atoms with Gasteiger partial charge in [0.2, 0.25) is 16.9 Å². The molecule has 1 aliphatic heterocycles. The standard InChI is InChI=1S/C22H30N4O2S/c1-14(2)15-8-10-16(11-9-15)19-24-25-21(29-19)23-18(27)17-7-6-12-26(13-17)20(28)22(3,4)5/h8-11,14,17H,6-7,12-13H2,1-5H3,(H,23,25,27). The molecule has 1 aromatic heterocycles. The predicted octanol–water partition coefficient (Wildman–Crippen LogP) is 4.55. The number of aromatic nitrogens is 2. The van der Waals surface area contributed by atoms with E-state index in [1.807, 2.05) is 37.8 Å². The van der Waals surface area contributed by atoms with Crippen molar-refractivity contribution in [3.05, 3.63) is 29.8 Å². The number of rotatable bonds is 4. The van der Waals surface area contributed by atoms with Crippen molar-refractivity contribution in [2.45, 2.75) is 53.4 Å². The van der Waals surface area contributed by atoms with Gasteiger partial charge in [0.1, 0.15) is 5.01 Å². The Balaban J connectivity index is 1.63. The third kappa shape index (κ3) is 5.21. The summed E-state index contributed by atoms with van der Waals surface area (Å²) in [6.07, 6.45) is 1.62. The number of piperidine rings is 1. The van der Waals surface area contributed by atoms with Crippen LogP contribution in [0.4, 0.5) is 5.13 Å². The third-order valence-electron chi connectivity index (χ3n) is 5.20. The molecule has 3 rings (SSSR count). The van der Waals surface area contributed by atoms with Crippen LogP contribution in [0.5, 0.6) is 0 Å². The zero-order chi connectivity index (χ0) is 21.2. The Labute approximate surface area is 176 Å². The van der Waals surface area contributed by atoms with Gasteiger partial charge in [-0.25, -0.2) is 0 Å². The monoisotopic (exact) mass is 414 g/mol. The van der Waals surface area contributed by atoms with Gasteiger partial charge in [-0.2, -0.15) is 0 Å². The summed E-state index contributed by atoms with van der Waals surface area (Å²) in [4.78, 5) is 27.1. The number of carbonyl (C=O) groups is 2. The fourth-order valence-electron chi connectivity index (χ4n) is 3.46. The minimum absolute atomic E-state index is 0.0886. The van der Waals surface area contributed by atoms with Crippen LogP contribution in [0.1, 0.15) is 58.9 Å². The highest BCUT2D eigenvalue weighted by atomic mass is 32.1. The van der Waals surface area contributed by atoms with Crippen molar-refractivity contribution in [1.29, 1.82) is 0 Å². The van der Waals surface area contributed by atoms with Gasteiger partial charge in [0.25, 0.3) is 0 Å². The molecule has 0 radical (unpaired) electrons. The van der Waals surface area contributed by atoms with Crippen molar-refractivity contribution >= 4 is 28.3 Å². The molecule has 1 saturated heterocycles. The lowest BCUT2D eigenvalue weighted by Gasteiger charge is -2.35. The number of hydrogen-bond acceptors (Lipinski definition) is 5. The molecular weight excluding hydrogens is 384 g/mol. The van der Waals surface area contributed by atoms with E-state index < -0.39 is 5.41 Å². The highest BCUT2D eigenvalue weighted by Crippen LogP contribution is 2.29. The third-order valence-corrected chi connectivity index (χ3v) is 6.09. The highest BCUT2D eigenvalue weighted by molar-refractivity contribution is 7.18. The molecule has 0 saturated carbocycles. The molecule has 2 amide bonds. The summed E-state index contributed by atoms with van der Waals surface area (Å²) in [5.41, 5.74) is 1.84. The molecule has 2 aromatic rings. The van der Waals surface area contributed by atoms with E-state index >= 15 is 0 Å². The maximum absolute atomic E-state index is 12.7. The Morgan fingerprint density at radius 1 is 1.17 bits per heavy atom. The summed E-state index contributed by atoms with van der Waals surface area (Å²) in [5.74, 6) is 0.272. The second kappa shape index (κ2) is 8.61. The van der Waals surface area contributed by atoms with E-state index in [1.54, 1.807) is 0 Å². The first-order valence-corrected chi connectivity index (χ1v) is 11.0. The van der Waals surface area contributed by atoms with E-state index in [4.69, 9.17) is 0 Å². The number of hydrogen-bond donors (Lipinski definition) is 1. The quantitative estimate of drug-likeness (QED) is 0.796. The van der Waals surface area contributed by atoms with Crippen molar-refractivity contribution in [1.82, 2.24) is 15.1 Å². The first-order valence-electron chi connectivity index (χ1n) is 10.2. The van der Waals surface area contributed by atoms with Gasteiger partial charge >= 0.3 is 0 Å². The fourth-order valence-corrected chi connectivity index (χ4v) is 4.21. The molecule has 1 atom stereocenters. The van der Waals surface area contributed by atoms with Gasteiger partial charge < -0.3 is 10.2 Å². The van der Waals surface area contributed by atoms with Gasteiger partial charge in [0.15, 0.2) is 0 Å². The van der Waals surface area contributed by atoms with E-state index in [0.717, 1.165) is 30.0 Å². The summed E-state index contributed by atoms with van der Waals surface area (Å²) < 4.78 is 0. The fraction of sp³-hybridized carbons (Fsp3) is 0.545. The van der Waals surface area contributed by atoms with Crippen LogP contribution < -0.4 is 5.32 Å². The smallest absolute Gasteiger partial charge is 0.231 e. The minimum atomic E-state index is -0.433. The maximum atomic E-state index is 12.7. The largest absolute Gasteiger partial charge is 0.341 e. The van der Waals surface area contributed by atoms with Crippen molar-refractivity contribution in [2.75, 3.05) is 18.4 Å². The maximum Gasteiger partial charge on any atom is 0.231 e. The lowest BCUT2D eigenvalue weighted by molar-refractivity contribution is -0.142. The molecule has 0 spiro atoms. The minimum Gasteiger partial charge on any atom is -0.341 e. The van der Waals surface area contributed by atoms with Gasteiger partial charge in [0.05, 0.1) is 5.92 Å². The van der Waals surface area contributed by atoms with Gasteiger partial charge in [-0.15, -0.1) is 10.2 Å². The molecule has 29 heavy (non-hydrogen) atoms. The number of nitrogens with zero attached hydrogens (tertiary/aromatic N) is 3. The first kappa shape index (κ1) is 21.4. The van der Waals surface area contributed by atoms with E-state index in [2.05, 4.69) is 41.5 Å². The average molecular weight is 415 g/mol. The average Bonchev–Trinajstić information content (AvgIpc) is 3.15. The Morgan fingerprint density at radius 2 is 1.86 bits per heavy atom. The van der Waals surface area contributed by atoms with E-state index in [9.17, 15) is 9.59 Å². The van der Waals surface area contributed by atoms with Crippen molar-refractivity contribution in [3.63, 3.8) is 0 Å². The second-order valence-electron chi connectivity index (χ2n) is 9.02. The van der Waals surface area contributed by atoms with Crippen LogP contribution in [0, 0.1) is 11.3 Å².